The van der Waals surface area contributed by atoms with Crippen molar-refractivity contribution in [3.05, 3.63) is 23.8 Å². The molecule has 0 N–H and O–H groups in total. The first-order valence-electron chi connectivity index (χ1n) is 6.26. The summed E-state index contributed by atoms with van der Waals surface area (Å²) >= 11 is 0. The van der Waals surface area contributed by atoms with Crippen LogP contribution in [0.4, 0.5) is 0 Å². The predicted molar refractivity (Wildman–Crippen MR) is 69.3 cm³/mol. The Morgan fingerprint density at radius 1 is 1.50 bits per heavy atom. The van der Waals surface area contributed by atoms with Gasteiger partial charge in [-0.1, -0.05) is 37.6 Å². The molecule has 16 heavy (non-hydrogen) atoms. The second-order valence-electron chi connectivity index (χ2n) is 5.49. The number of rotatable bonds is 5. The first-order valence-corrected chi connectivity index (χ1v) is 6.26. The molecule has 0 saturated heterocycles. The molecule has 0 aliphatic heterocycles. The molecule has 0 aromatic heterocycles. The Kier molecular flexibility index (Phi) is 4.52. The van der Waals surface area contributed by atoms with Gasteiger partial charge in [0.05, 0.1) is 0 Å². The maximum absolute atomic E-state index is 10.8. The van der Waals surface area contributed by atoms with Crippen molar-refractivity contribution in [2.24, 2.45) is 11.3 Å². The molecular formula is C15H24O. The maximum atomic E-state index is 10.8. The lowest BCUT2D eigenvalue weighted by atomic mass is 9.76. The average Bonchev–Trinajstić information content (AvgIpc) is 2.43. The molecule has 1 heteroatoms. The molecule has 1 nitrogen and oxygen atoms in total. The Morgan fingerprint density at radius 3 is 2.69 bits per heavy atom. The van der Waals surface area contributed by atoms with Crippen LogP contribution in [0.25, 0.3) is 0 Å². The topological polar surface area (TPSA) is 17.1 Å². The van der Waals surface area contributed by atoms with Crippen molar-refractivity contribution in [1.29, 1.82) is 0 Å². The highest BCUT2D eigenvalue weighted by molar-refractivity contribution is 5.75. The minimum absolute atomic E-state index is 0.281. The molecule has 0 heterocycles. The zero-order chi connectivity index (χ0) is 12.2. The summed E-state index contributed by atoms with van der Waals surface area (Å²) in [5, 5.41) is 0. The van der Waals surface area contributed by atoms with E-state index >= 15 is 0 Å². The van der Waals surface area contributed by atoms with Crippen molar-refractivity contribution in [2.75, 3.05) is 0 Å². The number of allylic oxidation sites excluding steroid dienone is 4. The maximum Gasteiger partial charge on any atom is 0.130 e. The average molecular weight is 220 g/mol. The van der Waals surface area contributed by atoms with E-state index in [4.69, 9.17) is 0 Å². The summed E-state index contributed by atoms with van der Waals surface area (Å²) < 4.78 is 0. The fourth-order valence-electron chi connectivity index (χ4n) is 2.25. The van der Waals surface area contributed by atoms with Gasteiger partial charge in [-0.3, -0.25) is 0 Å². The van der Waals surface area contributed by atoms with Crippen molar-refractivity contribution in [3.63, 3.8) is 0 Å². The Labute approximate surface area is 99.6 Å². The summed E-state index contributed by atoms with van der Waals surface area (Å²) in [5.74, 6) is 1.02. The van der Waals surface area contributed by atoms with Gasteiger partial charge in [0.1, 0.15) is 5.78 Å². The van der Waals surface area contributed by atoms with Gasteiger partial charge in [-0.2, -0.15) is 0 Å². The van der Waals surface area contributed by atoms with Gasteiger partial charge < -0.3 is 4.79 Å². The van der Waals surface area contributed by atoms with Gasteiger partial charge in [-0.05, 0) is 44.4 Å². The van der Waals surface area contributed by atoms with Gasteiger partial charge in [0.15, 0.2) is 0 Å². The minimum Gasteiger partial charge on any atom is -0.300 e. The van der Waals surface area contributed by atoms with E-state index in [1.807, 2.05) is 0 Å². The zero-order valence-corrected chi connectivity index (χ0v) is 11.0. The highest BCUT2D eigenvalue weighted by atomic mass is 16.1. The molecule has 0 saturated carbocycles. The van der Waals surface area contributed by atoms with Gasteiger partial charge in [0.25, 0.3) is 0 Å². The molecule has 0 aromatic carbocycles. The Hall–Kier alpha value is -0.850. The normalized spacial score (nSPS) is 23.8. The van der Waals surface area contributed by atoms with Crippen LogP contribution in [-0.4, -0.2) is 5.78 Å². The van der Waals surface area contributed by atoms with Crippen LogP contribution in [0, 0.1) is 11.3 Å². The molecule has 1 unspecified atom stereocenters. The van der Waals surface area contributed by atoms with E-state index in [2.05, 4.69) is 39.0 Å². The van der Waals surface area contributed by atoms with Crippen LogP contribution in [0.3, 0.4) is 0 Å². The third kappa shape index (κ3) is 3.33. The fourth-order valence-corrected chi connectivity index (χ4v) is 2.25. The molecular weight excluding hydrogens is 196 g/mol. The largest absolute Gasteiger partial charge is 0.300 e. The highest BCUT2D eigenvalue weighted by Crippen LogP contribution is 2.44. The number of hydrogen-bond acceptors (Lipinski definition) is 1. The van der Waals surface area contributed by atoms with Crippen molar-refractivity contribution in [2.45, 2.75) is 53.4 Å². The first-order chi connectivity index (χ1) is 7.44. The number of Topliss-reactive ketones (excluding diaryl/α,β-unsaturated/α-hetero) is 1. The molecule has 0 fully saturated rings. The highest BCUT2D eigenvalue weighted by Gasteiger charge is 2.33. The molecule has 1 aliphatic rings. The van der Waals surface area contributed by atoms with Gasteiger partial charge in [-0.25, -0.2) is 0 Å². The fraction of sp³-hybridized carbons (Fsp3) is 0.667. The second kappa shape index (κ2) is 5.47. The lowest BCUT2D eigenvalue weighted by Crippen LogP contribution is -2.19. The molecule has 1 aliphatic carbocycles. The van der Waals surface area contributed by atoms with E-state index in [1.165, 1.54) is 12.0 Å². The SMILES string of the molecule is CC(=O)CC/C=C\CC1CC=C(C)C1(C)C. The predicted octanol–water partition coefficient (Wildman–Crippen LogP) is 4.29. The van der Waals surface area contributed by atoms with Gasteiger partial charge in [-0.15, -0.1) is 0 Å². The molecule has 0 bridgehead atoms. The van der Waals surface area contributed by atoms with Crippen LogP contribution in [0.1, 0.15) is 53.4 Å². The summed E-state index contributed by atoms with van der Waals surface area (Å²) in [4.78, 5) is 10.8. The van der Waals surface area contributed by atoms with E-state index < -0.39 is 0 Å². The molecule has 0 radical (unpaired) electrons. The van der Waals surface area contributed by atoms with Crippen molar-refractivity contribution < 1.29 is 4.79 Å². The second-order valence-corrected chi connectivity index (χ2v) is 5.49. The number of carbonyl (C=O) groups is 1. The summed E-state index contributed by atoms with van der Waals surface area (Å²) in [6.07, 6.45) is 10.7. The van der Waals surface area contributed by atoms with Crippen molar-refractivity contribution >= 4 is 5.78 Å². The third-order valence-corrected chi connectivity index (χ3v) is 4.00. The van der Waals surface area contributed by atoms with E-state index in [0.717, 1.165) is 18.8 Å². The molecule has 0 spiro atoms. The quantitative estimate of drug-likeness (QED) is 0.631. The standard InChI is InChI=1S/C15H24O/c1-12-10-11-14(15(12,3)4)9-7-5-6-8-13(2)16/h5,7,10,14H,6,8-9,11H2,1-4H3/b7-5-. The van der Waals surface area contributed by atoms with E-state index in [0.29, 0.717) is 11.8 Å². The lowest BCUT2D eigenvalue weighted by Gasteiger charge is -2.28. The van der Waals surface area contributed by atoms with Gasteiger partial charge in [0, 0.05) is 6.42 Å². The molecule has 0 amide bonds. The summed E-state index contributed by atoms with van der Waals surface area (Å²) in [5.41, 5.74) is 1.87. The molecule has 90 valence electrons. The van der Waals surface area contributed by atoms with E-state index in [-0.39, 0.29) is 5.78 Å². The third-order valence-electron chi connectivity index (χ3n) is 4.00. The number of hydrogen-bond donors (Lipinski definition) is 0. The molecule has 1 atom stereocenters. The van der Waals surface area contributed by atoms with Crippen LogP contribution >= 0.6 is 0 Å². The monoisotopic (exact) mass is 220 g/mol. The molecule has 0 aromatic rings. The Balaban J connectivity index is 2.32. The Bertz CT molecular complexity index is 307. The van der Waals surface area contributed by atoms with Crippen molar-refractivity contribution in [3.8, 4) is 0 Å². The van der Waals surface area contributed by atoms with Crippen LogP contribution in [0.15, 0.2) is 23.8 Å². The van der Waals surface area contributed by atoms with Crippen LogP contribution in [-0.2, 0) is 4.79 Å². The van der Waals surface area contributed by atoms with Crippen LogP contribution in [0.2, 0.25) is 0 Å². The summed E-state index contributed by atoms with van der Waals surface area (Å²) in [6, 6.07) is 0. The smallest absolute Gasteiger partial charge is 0.130 e. The van der Waals surface area contributed by atoms with Gasteiger partial charge in [0.2, 0.25) is 0 Å². The molecule has 1 rings (SSSR count). The number of carbonyl (C=O) groups excluding carboxylic acids is 1. The Morgan fingerprint density at radius 2 is 2.19 bits per heavy atom. The summed E-state index contributed by atoms with van der Waals surface area (Å²) in [6.45, 7) is 8.56. The van der Waals surface area contributed by atoms with Crippen LogP contribution in [0.5, 0.6) is 0 Å². The van der Waals surface area contributed by atoms with Gasteiger partial charge >= 0.3 is 0 Å². The number of ketones is 1. The minimum atomic E-state index is 0.281. The van der Waals surface area contributed by atoms with E-state index in [9.17, 15) is 4.79 Å². The first kappa shape index (κ1) is 13.2. The lowest BCUT2D eigenvalue weighted by molar-refractivity contribution is -0.116. The van der Waals surface area contributed by atoms with Crippen LogP contribution < -0.4 is 0 Å². The van der Waals surface area contributed by atoms with Crippen molar-refractivity contribution in [1.82, 2.24) is 0 Å². The summed E-state index contributed by atoms with van der Waals surface area (Å²) in [7, 11) is 0. The van der Waals surface area contributed by atoms with E-state index in [1.54, 1.807) is 6.92 Å². The zero-order valence-electron chi connectivity index (χ0n) is 11.0.